The number of rotatable bonds is 5. The number of hydrogen-bond acceptors (Lipinski definition) is 8. The van der Waals surface area contributed by atoms with Gasteiger partial charge in [0.2, 0.25) is 12.3 Å². The molecule has 4 rings (SSSR count). The van der Waals surface area contributed by atoms with Gasteiger partial charge in [0, 0.05) is 37.1 Å². The van der Waals surface area contributed by atoms with Crippen LogP contribution in [0.1, 0.15) is 35.4 Å². The van der Waals surface area contributed by atoms with Crippen molar-refractivity contribution in [2.24, 2.45) is 31.9 Å². The number of aliphatic imine (C=N–C) groups is 1. The third kappa shape index (κ3) is 5.05. The molecule has 1 aromatic rings. The van der Waals surface area contributed by atoms with Crippen LogP contribution in [0.5, 0.6) is 0 Å². The van der Waals surface area contributed by atoms with E-state index in [2.05, 4.69) is 14.7 Å². The number of fused-ring (bicyclic) bond motifs is 2. The Kier molecular flexibility index (Phi) is 7.63. The van der Waals surface area contributed by atoms with E-state index in [-0.39, 0.29) is 16.7 Å². The van der Waals surface area contributed by atoms with Crippen molar-refractivity contribution in [2.75, 3.05) is 32.1 Å². The highest BCUT2D eigenvalue weighted by Crippen LogP contribution is 2.36. The van der Waals surface area contributed by atoms with Crippen molar-refractivity contribution in [3.63, 3.8) is 0 Å². The van der Waals surface area contributed by atoms with E-state index in [0.717, 1.165) is 44.0 Å². The van der Waals surface area contributed by atoms with Crippen LogP contribution in [0.3, 0.4) is 0 Å². The first-order valence-corrected chi connectivity index (χ1v) is 12.0. The molecular weight excluding hydrogens is 418 g/mol. The molecule has 0 spiro atoms. The minimum atomic E-state index is -3.01. The molecule has 2 atom stereocenters. The van der Waals surface area contributed by atoms with Crippen molar-refractivity contribution in [2.45, 2.75) is 38.5 Å². The highest BCUT2D eigenvalue weighted by Gasteiger charge is 2.25. The first kappa shape index (κ1) is 23.2. The van der Waals surface area contributed by atoms with Crippen LogP contribution in [-0.2, 0) is 45.1 Å². The number of pyridine rings is 1. The molecule has 1 amide bonds. The number of aryl methyl sites for hydroxylation is 2. The van der Waals surface area contributed by atoms with Crippen LogP contribution in [-0.4, -0.2) is 48.2 Å². The third-order valence-electron chi connectivity index (χ3n) is 5.68. The number of amides is 1. The van der Waals surface area contributed by atoms with E-state index < -0.39 is 9.92 Å². The van der Waals surface area contributed by atoms with Crippen molar-refractivity contribution in [3.05, 3.63) is 33.6 Å². The molecule has 11 heteroatoms. The molecule has 1 aliphatic heterocycles. The van der Waals surface area contributed by atoms with E-state index in [1.54, 1.807) is 0 Å². The zero-order valence-electron chi connectivity index (χ0n) is 17.8. The number of nitrogens with two attached hydrogens (primary N) is 3. The topological polar surface area (TPSA) is 171 Å². The lowest BCUT2D eigenvalue weighted by Gasteiger charge is -2.22. The van der Waals surface area contributed by atoms with Crippen LogP contribution in [0.2, 0.25) is 0 Å². The average molecular weight is 450 g/mol. The number of nitrogens with one attached hydrogen (secondary N) is 1. The van der Waals surface area contributed by atoms with E-state index in [1.165, 1.54) is 42.4 Å². The van der Waals surface area contributed by atoms with Crippen molar-refractivity contribution in [1.82, 2.24) is 4.98 Å². The van der Waals surface area contributed by atoms with Crippen molar-refractivity contribution >= 4 is 27.9 Å². The lowest BCUT2D eigenvalue weighted by atomic mass is 10.1. The first-order chi connectivity index (χ1) is 14.9. The zero-order valence-corrected chi connectivity index (χ0v) is 18.6. The van der Waals surface area contributed by atoms with Crippen molar-refractivity contribution in [1.29, 1.82) is 0 Å². The number of carbonyl (C=O) groups is 1. The van der Waals surface area contributed by atoms with Gasteiger partial charge in [0.1, 0.15) is 14.8 Å². The first-order valence-electron chi connectivity index (χ1n) is 10.4. The molecule has 0 bridgehead atoms. The molecule has 1 aromatic heterocycles. The summed E-state index contributed by atoms with van der Waals surface area (Å²) in [6.07, 6.45) is 8.59. The molecule has 0 fully saturated rings. The predicted octanol–water partition coefficient (Wildman–Crippen LogP) is 0.389. The number of aromatic nitrogens is 1. The molecule has 10 nitrogen and oxygen atoms in total. The minimum Gasteiger partial charge on any atom is -0.477 e. The lowest BCUT2D eigenvalue weighted by Crippen LogP contribution is -2.32. The Labute approximate surface area is 183 Å². The number of ether oxygens (including phenoxy) is 1. The summed E-state index contributed by atoms with van der Waals surface area (Å²) in [6, 6.07) is 0. The summed E-state index contributed by atoms with van der Waals surface area (Å²) < 4.78 is 20.7. The van der Waals surface area contributed by atoms with Gasteiger partial charge < -0.3 is 21.5 Å². The van der Waals surface area contributed by atoms with E-state index in [0.29, 0.717) is 19.7 Å². The lowest BCUT2D eigenvalue weighted by molar-refractivity contribution is -0.105. The van der Waals surface area contributed by atoms with Gasteiger partial charge in [-0.2, -0.15) is 0 Å². The Balaban J connectivity index is 0.000000176. The fourth-order valence-corrected chi connectivity index (χ4v) is 4.78. The summed E-state index contributed by atoms with van der Waals surface area (Å²) in [7, 11) is -1.65. The maximum absolute atomic E-state index is 11.8. The van der Waals surface area contributed by atoms with Gasteiger partial charge in [-0.1, -0.05) is 0 Å². The van der Waals surface area contributed by atoms with Crippen LogP contribution < -0.4 is 21.9 Å². The normalized spacial score (nSPS) is 21.5. The quantitative estimate of drug-likeness (QED) is 0.473. The Morgan fingerprint density at radius 1 is 1.26 bits per heavy atom. The minimum absolute atomic E-state index is 0.130. The van der Waals surface area contributed by atoms with E-state index in [9.17, 15) is 9.00 Å². The molecule has 0 aromatic carbocycles. The molecule has 2 aliphatic carbocycles. The van der Waals surface area contributed by atoms with Gasteiger partial charge in [-0.25, -0.2) is 13.7 Å². The molecular formula is C20H31N7O3S. The average Bonchev–Trinajstić information content (AvgIpc) is 3.44. The highest BCUT2D eigenvalue weighted by atomic mass is 32.2. The smallest absolute Gasteiger partial charge is 0.229 e. The Hall–Kier alpha value is -2.50. The maximum Gasteiger partial charge on any atom is 0.229 e. The van der Waals surface area contributed by atoms with Gasteiger partial charge >= 0.3 is 0 Å². The SMILES string of the molecule is CN=S(N)(=O)/C(=C/N)C1=NCC(CN)CO1.O=CNc1c2c(nc3c1CCC3)CCC2. The van der Waals surface area contributed by atoms with E-state index in [1.807, 2.05) is 0 Å². The largest absolute Gasteiger partial charge is 0.477 e. The van der Waals surface area contributed by atoms with Crippen LogP contribution in [0.4, 0.5) is 5.69 Å². The van der Waals surface area contributed by atoms with E-state index in [4.69, 9.17) is 26.3 Å². The Bertz CT molecular complexity index is 980. The van der Waals surface area contributed by atoms with Gasteiger partial charge in [0.15, 0.2) is 0 Å². The van der Waals surface area contributed by atoms with Gasteiger partial charge in [-0.3, -0.25) is 14.8 Å². The standard InChI is InChI=1S/C12H14N2O.C8H17N5O2S/c15-7-13-12-8-3-1-5-10(8)14-11-6-2-4-9(11)12;1-12-16(11,14)7(3-10)8-13-4-6(2-9)5-15-8/h7H,1-6H2,(H,13,14,15);3,6H,2,4-5,9-10H2,1H3,(H2,11,12,14)/b;7-3+. The van der Waals surface area contributed by atoms with Gasteiger partial charge in [-0.05, 0) is 49.7 Å². The third-order valence-corrected chi connectivity index (χ3v) is 7.17. The Morgan fingerprint density at radius 2 is 1.90 bits per heavy atom. The predicted molar refractivity (Wildman–Crippen MR) is 122 cm³/mol. The molecule has 170 valence electrons. The van der Waals surface area contributed by atoms with Crippen LogP contribution in [0.25, 0.3) is 0 Å². The second kappa shape index (κ2) is 10.2. The molecule has 2 heterocycles. The molecule has 3 aliphatic rings. The van der Waals surface area contributed by atoms with Gasteiger partial charge in [-0.15, -0.1) is 0 Å². The number of nitrogens with zero attached hydrogens (tertiary/aromatic N) is 3. The highest BCUT2D eigenvalue weighted by molar-refractivity contribution is 7.96. The summed E-state index contributed by atoms with van der Waals surface area (Å²) >= 11 is 0. The summed E-state index contributed by atoms with van der Waals surface area (Å²) in [6.45, 7) is 1.43. The van der Waals surface area contributed by atoms with E-state index >= 15 is 0 Å². The molecule has 7 N–H and O–H groups in total. The van der Waals surface area contributed by atoms with Gasteiger partial charge in [0.25, 0.3) is 0 Å². The summed E-state index contributed by atoms with van der Waals surface area (Å²) in [5.74, 6) is 0.375. The van der Waals surface area contributed by atoms with Crippen LogP contribution in [0.15, 0.2) is 20.5 Å². The summed E-state index contributed by atoms with van der Waals surface area (Å²) in [5, 5.41) is 8.38. The molecule has 0 radical (unpaired) electrons. The van der Waals surface area contributed by atoms with Crippen molar-refractivity contribution in [3.8, 4) is 0 Å². The molecule has 0 saturated heterocycles. The molecule has 31 heavy (non-hydrogen) atoms. The number of anilines is 1. The number of carbonyl (C=O) groups excluding carboxylic acids is 1. The maximum atomic E-state index is 11.8. The fraction of sp³-hybridized carbons (Fsp3) is 0.550. The zero-order chi connectivity index (χ0) is 22.4. The Morgan fingerprint density at radius 3 is 2.35 bits per heavy atom. The second-order valence-electron chi connectivity index (χ2n) is 7.65. The monoisotopic (exact) mass is 449 g/mol. The molecule has 0 saturated carbocycles. The van der Waals surface area contributed by atoms with Crippen molar-refractivity contribution < 1.29 is 13.7 Å². The fourth-order valence-electron chi connectivity index (χ4n) is 4.01. The van der Waals surface area contributed by atoms with Gasteiger partial charge in [0.05, 0.1) is 18.8 Å². The second-order valence-corrected chi connectivity index (χ2v) is 9.59. The molecule has 2 unspecified atom stereocenters. The van der Waals surface area contributed by atoms with Crippen LogP contribution in [0, 0.1) is 5.92 Å². The van der Waals surface area contributed by atoms with Crippen LogP contribution >= 0.6 is 0 Å². The summed E-state index contributed by atoms with van der Waals surface area (Å²) in [5.41, 5.74) is 17.0. The summed E-state index contributed by atoms with van der Waals surface area (Å²) in [4.78, 5) is 19.6. The number of hydrogen-bond donors (Lipinski definition) is 4.